The van der Waals surface area contributed by atoms with Crippen LogP contribution < -0.4 is 14.8 Å². The standard InChI is InChI=1S/C18H18F2N2O5/c1-3-26-14-6-4-5-11(15(14)27-18(19)20)9-21-16(23)13-8-7-12(17(24)25)10(2)22-13/h4-8,18H,3,9H2,1-2H3,(H,21,23)(H,24,25). The molecule has 0 saturated heterocycles. The molecule has 0 unspecified atom stereocenters. The van der Waals surface area contributed by atoms with Crippen LogP contribution in [0.3, 0.4) is 0 Å². The van der Waals surface area contributed by atoms with Gasteiger partial charge in [-0.15, -0.1) is 0 Å². The van der Waals surface area contributed by atoms with E-state index in [1.165, 1.54) is 31.2 Å². The summed E-state index contributed by atoms with van der Waals surface area (Å²) in [7, 11) is 0. The lowest BCUT2D eigenvalue weighted by molar-refractivity contribution is -0.0520. The summed E-state index contributed by atoms with van der Waals surface area (Å²) in [4.78, 5) is 27.2. The highest BCUT2D eigenvalue weighted by molar-refractivity contribution is 5.94. The fraction of sp³-hybridized carbons (Fsp3) is 0.278. The number of carboxylic acids is 1. The minimum atomic E-state index is -3.05. The van der Waals surface area contributed by atoms with Crippen LogP contribution in [0.25, 0.3) is 0 Å². The summed E-state index contributed by atoms with van der Waals surface area (Å²) in [5.41, 5.74) is 0.488. The number of para-hydroxylation sites is 1. The summed E-state index contributed by atoms with van der Waals surface area (Å²) in [5, 5.41) is 11.5. The molecule has 2 N–H and O–H groups in total. The highest BCUT2D eigenvalue weighted by Crippen LogP contribution is 2.32. The van der Waals surface area contributed by atoms with Crippen molar-refractivity contribution in [1.82, 2.24) is 10.3 Å². The Bertz CT molecular complexity index is 842. The zero-order chi connectivity index (χ0) is 20.0. The number of halogens is 2. The van der Waals surface area contributed by atoms with Gasteiger partial charge in [0.25, 0.3) is 5.91 Å². The molecular formula is C18H18F2N2O5. The molecule has 0 saturated carbocycles. The molecule has 0 aliphatic carbocycles. The molecule has 1 aromatic carbocycles. The zero-order valence-corrected chi connectivity index (χ0v) is 14.7. The van der Waals surface area contributed by atoms with Crippen molar-refractivity contribution in [3.63, 3.8) is 0 Å². The number of alkyl halides is 2. The summed E-state index contributed by atoms with van der Waals surface area (Å²) >= 11 is 0. The number of ether oxygens (including phenoxy) is 2. The second kappa shape index (κ2) is 8.93. The molecule has 144 valence electrons. The molecular weight excluding hydrogens is 362 g/mol. The van der Waals surface area contributed by atoms with E-state index in [0.717, 1.165) is 0 Å². The predicted molar refractivity (Wildman–Crippen MR) is 91.3 cm³/mol. The number of carbonyl (C=O) groups is 2. The molecule has 0 spiro atoms. The van der Waals surface area contributed by atoms with Crippen LogP contribution in [0.1, 0.15) is 39.0 Å². The SMILES string of the molecule is CCOc1cccc(CNC(=O)c2ccc(C(=O)O)c(C)n2)c1OC(F)F. The van der Waals surface area contributed by atoms with Gasteiger partial charge in [-0.1, -0.05) is 12.1 Å². The van der Waals surface area contributed by atoms with Crippen molar-refractivity contribution in [1.29, 1.82) is 0 Å². The Hall–Kier alpha value is -3.23. The number of carboxylic acid groups (broad SMARTS) is 1. The third-order valence-electron chi connectivity index (χ3n) is 3.56. The van der Waals surface area contributed by atoms with E-state index >= 15 is 0 Å². The predicted octanol–water partition coefficient (Wildman–Crippen LogP) is 3.02. The van der Waals surface area contributed by atoms with Gasteiger partial charge in [-0.2, -0.15) is 8.78 Å². The lowest BCUT2D eigenvalue weighted by atomic mass is 10.1. The Kier molecular flexibility index (Phi) is 6.64. The molecule has 0 aliphatic rings. The maximum atomic E-state index is 12.7. The Morgan fingerprint density at radius 3 is 2.59 bits per heavy atom. The topological polar surface area (TPSA) is 97.8 Å². The Morgan fingerprint density at radius 1 is 1.26 bits per heavy atom. The smallest absolute Gasteiger partial charge is 0.387 e. The van der Waals surface area contributed by atoms with Gasteiger partial charge in [-0.25, -0.2) is 9.78 Å². The molecule has 7 nitrogen and oxygen atoms in total. The van der Waals surface area contributed by atoms with Crippen LogP contribution in [0.4, 0.5) is 8.78 Å². The minimum Gasteiger partial charge on any atom is -0.490 e. The Balaban J connectivity index is 2.18. The fourth-order valence-electron chi connectivity index (χ4n) is 2.37. The van der Waals surface area contributed by atoms with Crippen LogP contribution in [0, 0.1) is 6.92 Å². The van der Waals surface area contributed by atoms with E-state index in [4.69, 9.17) is 9.84 Å². The van der Waals surface area contributed by atoms with E-state index in [2.05, 4.69) is 15.0 Å². The van der Waals surface area contributed by atoms with Crippen LogP contribution in [-0.2, 0) is 6.54 Å². The molecule has 1 aromatic heterocycles. The van der Waals surface area contributed by atoms with Crippen LogP contribution in [0.5, 0.6) is 11.5 Å². The highest BCUT2D eigenvalue weighted by Gasteiger charge is 2.17. The number of hydrogen-bond donors (Lipinski definition) is 2. The van der Waals surface area contributed by atoms with Gasteiger partial charge in [-0.05, 0) is 32.0 Å². The van der Waals surface area contributed by atoms with E-state index in [-0.39, 0.29) is 41.6 Å². The van der Waals surface area contributed by atoms with E-state index in [1.54, 1.807) is 13.0 Å². The molecule has 9 heteroatoms. The first-order valence-electron chi connectivity index (χ1n) is 8.02. The third-order valence-corrected chi connectivity index (χ3v) is 3.56. The van der Waals surface area contributed by atoms with Gasteiger partial charge >= 0.3 is 12.6 Å². The van der Waals surface area contributed by atoms with Gasteiger partial charge in [0, 0.05) is 12.1 Å². The van der Waals surface area contributed by atoms with E-state index in [9.17, 15) is 18.4 Å². The number of hydrogen-bond acceptors (Lipinski definition) is 5. The van der Waals surface area contributed by atoms with E-state index in [1.807, 2.05) is 0 Å². The summed E-state index contributed by atoms with van der Waals surface area (Å²) in [6, 6.07) is 7.16. The first-order chi connectivity index (χ1) is 12.8. The normalized spacial score (nSPS) is 10.6. The summed E-state index contributed by atoms with van der Waals surface area (Å²) < 4.78 is 35.2. The number of aryl methyl sites for hydroxylation is 1. The summed E-state index contributed by atoms with van der Waals surface area (Å²) in [6.45, 7) is 0.280. The van der Waals surface area contributed by atoms with Crippen molar-refractivity contribution in [2.45, 2.75) is 27.0 Å². The van der Waals surface area contributed by atoms with Crippen LogP contribution in [0.2, 0.25) is 0 Å². The van der Waals surface area contributed by atoms with Crippen molar-refractivity contribution in [2.24, 2.45) is 0 Å². The molecule has 2 rings (SSSR count). The monoisotopic (exact) mass is 380 g/mol. The third kappa shape index (κ3) is 5.13. The number of aromatic nitrogens is 1. The molecule has 0 bridgehead atoms. The summed E-state index contributed by atoms with van der Waals surface area (Å²) in [5.74, 6) is -1.74. The second-order valence-corrected chi connectivity index (χ2v) is 5.37. The lowest BCUT2D eigenvalue weighted by Gasteiger charge is -2.15. The van der Waals surface area contributed by atoms with Gasteiger partial charge in [0.05, 0.1) is 17.9 Å². The average molecular weight is 380 g/mol. The Labute approximate surface area is 153 Å². The number of rotatable bonds is 8. The van der Waals surface area contributed by atoms with Crippen molar-refractivity contribution in [3.8, 4) is 11.5 Å². The molecule has 27 heavy (non-hydrogen) atoms. The van der Waals surface area contributed by atoms with Crippen LogP contribution in [-0.4, -0.2) is 35.2 Å². The fourth-order valence-corrected chi connectivity index (χ4v) is 2.37. The number of pyridine rings is 1. The maximum Gasteiger partial charge on any atom is 0.387 e. The van der Waals surface area contributed by atoms with Gasteiger partial charge in [0.1, 0.15) is 5.69 Å². The molecule has 1 amide bonds. The molecule has 1 heterocycles. The molecule has 0 aliphatic heterocycles. The molecule has 0 atom stereocenters. The minimum absolute atomic E-state index is 0.00907. The first-order valence-corrected chi connectivity index (χ1v) is 8.02. The Morgan fingerprint density at radius 2 is 2.00 bits per heavy atom. The molecule has 0 radical (unpaired) electrons. The highest BCUT2D eigenvalue weighted by atomic mass is 19.3. The average Bonchev–Trinajstić information content (AvgIpc) is 2.61. The molecule has 0 fully saturated rings. The van der Waals surface area contributed by atoms with Gasteiger partial charge in [0.2, 0.25) is 0 Å². The van der Waals surface area contributed by atoms with E-state index < -0.39 is 18.5 Å². The number of benzene rings is 1. The van der Waals surface area contributed by atoms with Gasteiger partial charge < -0.3 is 19.9 Å². The van der Waals surface area contributed by atoms with Crippen molar-refractivity contribution in [3.05, 3.63) is 52.8 Å². The maximum absolute atomic E-state index is 12.7. The molecule has 2 aromatic rings. The van der Waals surface area contributed by atoms with Gasteiger partial charge in [-0.3, -0.25) is 4.79 Å². The van der Waals surface area contributed by atoms with Crippen LogP contribution in [0.15, 0.2) is 30.3 Å². The van der Waals surface area contributed by atoms with Gasteiger partial charge in [0.15, 0.2) is 11.5 Å². The zero-order valence-electron chi connectivity index (χ0n) is 14.7. The van der Waals surface area contributed by atoms with Crippen molar-refractivity contribution in [2.75, 3.05) is 6.61 Å². The van der Waals surface area contributed by atoms with E-state index in [0.29, 0.717) is 5.56 Å². The lowest BCUT2D eigenvalue weighted by Crippen LogP contribution is -2.25. The number of carbonyl (C=O) groups excluding carboxylic acids is 1. The summed E-state index contributed by atoms with van der Waals surface area (Å²) in [6.07, 6.45) is 0. The number of aromatic carboxylic acids is 1. The number of nitrogens with one attached hydrogen (secondary N) is 1. The van der Waals surface area contributed by atoms with Crippen LogP contribution >= 0.6 is 0 Å². The number of nitrogens with zero attached hydrogens (tertiary/aromatic N) is 1. The second-order valence-electron chi connectivity index (χ2n) is 5.37. The largest absolute Gasteiger partial charge is 0.490 e. The van der Waals surface area contributed by atoms with Crippen molar-refractivity contribution >= 4 is 11.9 Å². The quantitative estimate of drug-likeness (QED) is 0.731. The first kappa shape index (κ1) is 20.1. The number of amides is 1. The van der Waals surface area contributed by atoms with Crippen molar-refractivity contribution < 1.29 is 33.0 Å².